The highest BCUT2D eigenvalue weighted by Gasteiger charge is 2.28. The molecular weight excluding hydrogens is 476 g/mol. The molecule has 188 valence electrons. The van der Waals surface area contributed by atoms with Crippen molar-refractivity contribution < 1.29 is 8.78 Å². The molecule has 1 fully saturated rings. The first-order valence-electron chi connectivity index (χ1n) is 12.1. The van der Waals surface area contributed by atoms with Gasteiger partial charge in [-0.2, -0.15) is 0 Å². The fourth-order valence-corrected chi connectivity index (χ4v) is 5.18. The Bertz CT molecular complexity index is 1710. The summed E-state index contributed by atoms with van der Waals surface area (Å²) in [4.78, 5) is 25.0. The summed E-state index contributed by atoms with van der Waals surface area (Å²) in [7, 11) is 0. The summed E-state index contributed by atoms with van der Waals surface area (Å²) in [6.45, 7) is 1.35. The Kier molecular flexibility index (Phi) is 5.60. The fraction of sp³-hybridized carbons (Fsp3) is 0.222. The van der Waals surface area contributed by atoms with Gasteiger partial charge in [0.15, 0.2) is 11.6 Å². The van der Waals surface area contributed by atoms with E-state index in [4.69, 9.17) is 11.5 Å². The molecule has 5 aromatic rings. The Morgan fingerprint density at radius 3 is 2.70 bits per heavy atom. The molecule has 8 nitrogen and oxygen atoms in total. The van der Waals surface area contributed by atoms with Crippen LogP contribution < -0.4 is 21.9 Å². The SMILES string of the molecule is Nc1c(N2CCC[C@H](N)C2)n(-c2ccc(F)c(F)c2)c2c(=O)n(Cc3nccc4ccccc34)cnc12. The van der Waals surface area contributed by atoms with Gasteiger partial charge in [-0.25, -0.2) is 13.8 Å². The number of fused-ring (bicyclic) bond motifs is 2. The van der Waals surface area contributed by atoms with Crippen LogP contribution in [-0.4, -0.2) is 38.2 Å². The molecule has 0 bridgehead atoms. The second-order valence-corrected chi connectivity index (χ2v) is 9.37. The van der Waals surface area contributed by atoms with Crippen molar-refractivity contribution in [3.63, 3.8) is 0 Å². The number of hydrogen-bond donors (Lipinski definition) is 2. The van der Waals surface area contributed by atoms with Crippen LogP contribution in [0.4, 0.5) is 20.3 Å². The zero-order valence-electron chi connectivity index (χ0n) is 19.9. The number of rotatable bonds is 4. The molecule has 0 spiro atoms. The van der Waals surface area contributed by atoms with E-state index in [0.29, 0.717) is 35.8 Å². The van der Waals surface area contributed by atoms with Crippen LogP contribution in [0, 0.1) is 11.6 Å². The average molecular weight is 502 g/mol. The van der Waals surface area contributed by atoms with Gasteiger partial charge in [0.05, 0.1) is 24.3 Å². The van der Waals surface area contributed by atoms with Gasteiger partial charge < -0.3 is 16.4 Å². The number of anilines is 2. The van der Waals surface area contributed by atoms with Crippen molar-refractivity contribution in [1.29, 1.82) is 0 Å². The molecule has 0 radical (unpaired) electrons. The summed E-state index contributed by atoms with van der Waals surface area (Å²) in [5.74, 6) is -1.50. The third-order valence-corrected chi connectivity index (χ3v) is 6.94. The third-order valence-electron chi connectivity index (χ3n) is 6.94. The zero-order valence-corrected chi connectivity index (χ0v) is 19.9. The Morgan fingerprint density at radius 1 is 1.05 bits per heavy atom. The van der Waals surface area contributed by atoms with Crippen LogP contribution in [0.5, 0.6) is 0 Å². The Labute approximate surface area is 210 Å². The van der Waals surface area contributed by atoms with E-state index in [1.54, 1.807) is 10.8 Å². The summed E-state index contributed by atoms with van der Waals surface area (Å²) < 4.78 is 31.2. The quantitative estimate of drug-likeness (QED) is 0.390. The van der Waals surface area contributed by atoms with Crippen molar-refractivity contribution in [2.45, 2.75) is 25.4 Å². The summed E-state index contributed by atoms with van der Waals surface area (Å²) in [5.41, 5.74) is 14.2. The van der Waals surface area contributed by atoms with Crippen molar-refractivity contribution in [3.05, 3.63) is 88.7 Å². The van der Waals surface area contributed by atoms with Crippen LogP contribution in [0.2, 0.25) is 0 Å². The maximum absolute atomic E-state index is 14.4. The Balaban J connectivity index is 1.58. The number of nitrogens with zero attached hydrogens (tertiary/aromatic N) is 5. The minimum Gasteiger partial charge on any atom is -0.394 e. The minimum absolute atomic E-state index is 0.0772. The topological polar surface area (TPSA) is 108 Å². The molecule has 6 rings (SSSR count). The number of hydrogen-bond acceptors (Lipinski definition) is 6. The van der Waals surface area contributed by atoms with Crippen molar-refractivity contribution in [2.24, 2.45) is 5.73 Å². The van der Waals surface area contributed by atoms with E-state index in [1.807, 2.05) is 35.2 Å². The van der Waals surface area contributed by atoms with E-state index in [1.165, 1.54) is 17.0 Å². The number of nitrogen functional groups attached to an aromatic ring is 1. The van der Waals surface area contributed by atoms with E-state index in [9.17, 15) is 13.6 Å². The van der Waals surface area contributed by atoms with E-state index < -0.39 is 11.6 Å². The van der Waals surface area contributed by atoms with E-state index in [2.05, 4.69) is 9.97 Å². The first-order valence-corrected chi connectivity index (χ1v) is 12.1. The number of nitrogens with two attached hydrogens (primary N) is 2. The van der Waals surface area contributed by atoms with Gasteiger partial charge in [-0.3, -0.25) is 18.9 Å². The van der Waals surface area contributed by atoms with Crippen molar-refractivity contribution >= 4 is 33.3 Å². The van der Waals surface area contributed by atoms with Crippen LogP contribution in [0.25, 0.3) is 27.5 Å². The minimum atomic E-state index is -1.02. The van der Waals surface area contributed by atoms with Crippen LogP contribution in [0.3, 0.4) is 0 Å². The molecule has 0 unspecified atom stereocenters. The first kappa shape index (κ1) is 23.1. The molecule has 37 heavy (non-hydrogen) atoms. The van der Waals surface area contributed by atoms with Crippen LogP contribution in [-0.2, 0) is 6.54 Å². The molecule has 1 aliphatic heterocycles. The van der Waals surface area contributed by atoms with Gasteiger partial charge in [0.25, 0.3) is 5.56 Å². The number of piperidine rings is 1. The van der Waals surface area contributed by atoms with Crippen LogP contribution in [0.1, 0.15) is 18.5 Å². The van der Waals surface area contributed by atoms with Gasteiger partial charge in [-0.15, -0.1) is 0 Å². The fourth-order valence-electron chi connectivity index (χ4n) is 5.18. The molecular formula is C27H25F2N7O. The molecule has 1 aliphatic rings. The third kappa shape index (κ3) is 3.89. The summed E-state index contributed by atoms with van der Waals surface area (Å²) in [6.07, 6.45) is 4.86. The predicted octanol–water partition coefficient (Wildman–Crippen LogP) is 3.57. The summed E-state index contributed by atoms with van der Waals surface area (Å²) in [5, 5.41) is 1.93. The second kappa shape index (κ2) is 8.97. The van der Waals surface area contributed by atoms with Gasteiger partial charge in [0.1, 0.15) is 22.5 Å². The maximum Gasteiger partial charge on any atom is 0.278 e. The van der Waals surface area contributed by atoms with Gasteiger partial charge in [0.2, 0.25) is 0 Å². The van der Waals surface area contributed by atoms with Crippen molar-refractivity contribution in [1.82, 2.24) is 19.1 Å². The lowest BCUT2D eigenvalue weighted by molar-refractivity contribution is 0.501. The summed E-state index contributed by atoms with van der Waals surface area (Å²) >= 11 is 0. The molecule has 2 aromatic carbocycles. The zero-order chi connectivity index (χ0) is 25.7. The maximum atomic E-state index is 14.4. The smallest absolute Gasteiger partial charge is 0.278 e. The van der Waals surface area contributed by atoms with Gasteiger partial charge >= 0.3 is 0 Å². The Hall–Kier alpha value is -4.31. The monoisotopic (exact) mass is 501 g/mol. The first-order chi connectivity index (χ1) is 17.9. The lowest BCUT2D eigenvalue weighted by atomic mass is 10.1. The van der Waals surface area contributed by atoms with Gasteiger partial charge in [-0.1, -0.05) is 24.3 Å². The molecule has 0 amide bonds. The number of benzene rings is 2. The van der Waals surface area contributed by atoms with E-state index in [0.717, 1.165) is 35.7 Å². The molecule has 1 saturated heterocycles. The highest BCUT2D eigenvalue weighted by Crippen LogP contribution is 2.37. The lowest BCUT2D eigenvalue weighted by Gasteiger charge is -2.33. The average Bonchev–Trinajstić information content (AvgIpc) is 3.20. The summed E-state index contributed by atoms with van der Waals surface area (Å²) in [6, 6.07) is 13.1. The largest absolute Gasteiger partial charge is 0.394 e. The number of pyridine rings is 1. The lowest BCUT2D eigenvalue weighted by Crippen LogP contribution is -2.43. The molecule has 4 heterocycles. The molecule has 0 saturated carbocycles. The standard InChI is InChI=1S/C27H25F2N7O/c28-20-8-7-18(12-21(20)29)36-25-24(23(31)26(36)34-11-3-5-17(30)13-34)33-15-35(27(25)37)14-22-19-6-2-1-4-16(19)9-10-32-22/h1-2,4,6-10,12,15,17H,3,5,11,13-14,30-31H2/t17-/m0/s1. The number of halogens is 2. The molecule has 4 N–H and O–H groups in total. The van der Waals surface area contributed by atoms with Crippen molar-refractivity contribution in [3.8, 4) is 5.69 Å². The van der Waals surface area contributed by atoms with Crippen molar-refractivity contribution in [2.75, 3.05) is 23.7 Å². The highest BCUT2D eigenvalue weighted by atomic mass is 19.2. The molecule has 10 heteroatoms. The second-order valence-electron chi connectivity index (χ2n) is 9.37. The van der Waals surface area contributed by atoms with E-state index >= 15 is 0 Å². The van der Waals surface area contributed by atoms with Crippen LogP contribution in [0.15, 0.2) is 65.8 Å². The van der Waals surface area contributed by atoms with Gasteiger partial charge in [-0.05, 0) is 36.4 Å². The molecule has 3 aromatic heterocycles. The number of aromatic nitrogens is 4. The molecule has 1 atom stereocenters. The van der Waals surface area contributed by atoms with Gasteiger partial charge in [0, 0.05) is 36.8 Å². The highest BCUT2D eigenvalue weighted by molar-refractivity contribution is 5.98. The van der Waals surface area contributed by atoms with Crippen LogP contribution >= 0.6 is 0 Å². The van der Waals surface area contributed by atoms with E-state index in [-0.39, 0.29) is 29.3 Å². The predicted molar refractivity (Wildman–Crippen MR) is 140 cm³/mol. The Morgan fingerprint density at radius 2 is 1.89 bits per heavy atom. The normalized spacial score (nSPS) is 16.1. The molecule has 0 aliphatic carbocycles.